The van der Waals surface area contributed by atoms with E-state index >= 15 is 0 Å². The average molecular weight is 152 g/mol. The monoisotopic (exact) mass is 152 g/mol. The minimum absolute atomic E-state index is 0.0150. The molecule has 2 unspecified atom stereocenters. The largest absolute Gasteiger partial charge is 0.362 e. The van der Waals surface area contributed by atoms with Gasteiger partial charge in [-0.05, 0) is 5.56 Å². The molecular weight excluding hydrogens is 143 g/mol. The van der Waals surface area contributed by atoms with Crippen molar-refractivity contribution < 1.29 is 9.13 Å². The molecule has 2 heteroatoms. The van der Waals surface area contributed by atoms with Crippen LogP contribution in [0.25, 0.3) is 0 Å². The summed E-state index contributed by atoms with van der Waals surface area (Å²) < 4.78 is 17.1. The van der Waals surface area contributed by atoms with E-state index in [4.69, 9.17) is 4.74 Å². The topological polar surface area (TPSA) is 12.5 Å². The predicted octanol–water partition coefficient (Wildman–Crippen LogP) is 2.10. The van der Waals surface area contributed by atoms with Crippen molar-refractivity contribution in [3.8, 4) is 0 Å². The van der Waals surface area contributed by atoms with Crippen LogP contribution in [0.1, 0.15) is 11.7 Å². The van der Waals surface area contributed by atoms with Crippen molar-refractivity contribution in [2.75, 3.05) is 6.67 Å². The Labute approximate surface area is 64.8 Å². The molecule has 0 radical (unpaired) electrons. The van der Waals surface area contributed by atoms with Crippen LogP contribution in [0.4, 0.5) is 4.39 Å². The summed E-state index contributed by atoms with van der Waals surface area (Å²) in [5.41, 5.74) is 1.08. The summed E-state index contributed by atoms with van der Waals surface area (Å²) in [6, 6.07) is 9.73. The molecule has 1 heterocycles. The van der Waals surface area contributed by atoms with Gasteiger partial charge in [0.05, 0.1) is 0 Å². The van der Waals surface area contributed by atoms with E-state index in [9.17, 15) is 4.39 Å². The quantitative estimate of drug-likeness (QED) is 0.591. The summed E-state index contributed by atoms with van der Waals surface area (Å²) in [7, 11) is 0. The molecule has 0 amide bonds. The third kappa shape index (κ3) is 1.26. The van der Waals surface area contributed by atoms with Crippen molar-refractivity contribution in [1.82, 2.24) is 0 Å². The standard InChI is InChI=1S/C9H9FO/c10-6-8-9(11-8)7-4-2-1-3-5-7/h1-5,8-9H,6H2. The van der Waals surface area contributed by atoms with E-state index < -0.39 is 0 Å². The van der Waals surface area contributed by atoms with E-state index in [1.165, 1.54) is 0 Å². The summed E-state index contributed by atoms with van der Waals surface area (Å²) in [6.45, 7) is -0.375. The van der Waals surface area contributed by atoms with Crippen LogP contribution in [0.2, 0.25) is 0 Å². The normalized spacial score (nSPS) is 28.5. The minimum atomic E-state index is -0.375. The van der Waals surface area contributed by atoms with E-state index in [2.05, 4.69) is 0 Å². The SMILES string of the molecule is FCC1OC1c1ccccc1. The van der Waals surface area contributed by atoms with Crippen LogP contribution in [-0.4, -0.2) is 12.8 Å². The fourth-order valence-electron chi connectivity index (χ4n) is 1.20. The zero-order valence-electron chi connectivity index (χ0n) is 6.03. The lowest BCUT2D eigenvalue weighted by Gasteiger charge is -1.91. The zero-order chi connectivity index (χ0) is 7.68. The smallest absolute Gasteiger partial charge is 0.119 e. The molecule has 2 atom stereocenters. The number of rotatable bonds is 2. The molecule has 1 aliphatic heterocycles. The molecule has 58 valence electrons. The van der Waals surface area contributed by atoms with Crippen molar-refractivity contribution in [3.63, 3.8) is 0 Å². The van der Waals surface area contributed by atoms with E-state index in [-0.39, 0.29) is 18.9 Å². The second-order valence-electron chi connectivity index (χ2n) is 2.66. The Balaban J connectivity index is 2.09. The van der Waals surface area contributed by atoms with E-state index in [1.807, 2.05) is 30.3 Å². The Morgan fingerprint density at radius 1 is 1.27 bits per heavy atom. The van der Waals surface area contributed by atoms with Crippen LogP contribution in [0.15, 0.2) is 30.3 Å². The lowest BCUT2D eigenvalue weighted by Crippen LogP contribution is -1.89. The highest BCUT2D eigenvalue weighted by molar-refractivity contribution is 5.22. The Morgan fingerprint density at radius 2 is 2.00 bits per heavy atom. The molecule has 1 aromatic carbocycles. The van der Waals surface area contributed by atoms with E-state index in [0.717, 1.165) is 5.56 Å². The number of benzene rings is 1. The Hall–Kier alpha value is -0.890. The van der Waals surface area contributed by atoms with Crippen molar-refractivity contribution in [3.05, 3.63) is 35.9 Å². The van der Waals surface area contributed by atoms with Gasteiger partial charge in [0.1, 0.15) is 18.9 Å². The molecule has 2 rings (SSSR count). The number of halogens is 1. The number of ether oxygens (including phenoxy) is 1. The van der Waals surface area contributed by atoms with Crippen LogP contribution < -0.4 is 0 Å². The van der Waals surface area contributed by atoms with Gasteiger partial charge in [0.25, 0.3) is 0 Å². The third-order valence-corrected chi connectivity index (χ3v) is 1.86. The van der Waals surface area contributed by atoms with Gasteiger partial charge in [0.2, 0.25) is 0 Å². The Kier molecular flexibility index (Phi) is 1.62. The van der Waals surface area contributed by atoms with E-state index in [1.54, 1.807) is 0 Å². The molecule has 11 heavy (non-hydrogen) atoms. The van der Waals surface area contributed by atoms with Crippen LogP contribution in [-0.2, 0) is 4.74 Å². The van der Waals surface area contributed by atoms with E-state index in [0.29, 0.717) is 0 Å². The Morgan fingerprint density at radius 3 is 2.55 bits per heavy atom. The third-order valence-electron chi connectivity index (χ3n) is 1.86. The average Bonchev–Trinajstić information content (AvgIpc) is 2.85. The highest BCUT2D eigenvalue weighted by Crippen LogP contribution is 2.38. The summed E-state index contributed by atoms with van der Waals surface area (Å²) in [5, 5.41) is 0. The summed E-state index contributed by atoms with van der Waals surface area (Å²) in [4.78, 5) is 0. The highest BCUT2D eigenvalue weighted by Gasteiger charge is 2.39. The first-order chi connectivity index (χ1) is 5.42. The zero-order valence-corrected chi connectivity index (χ0v) is 6.03. The van der Waals surface area contributed by atoms with Crippen molar-refractivity contribution in [2.45, 2.75) is 12.2 Å². The van der Waals surface area contributed by atoms with Gasteiger partial charge in [-0.25, -0.2) is 4.39 Å². The molecule has 1 saturated heterocycles. The van der Waals surface area contributed by atoms with Crippen molar-refractivity contribution in [1.29, 1.82) is 0 Å². The number of hydrogen-bond acceptors (Lipinski definition) is 1. The minimum Gasteiger partial charge on any atom is -0.362 e. The molecular formula is C9H9FO. The van der Waals surface area contributed by atoms with Crippen molar-refractivity contribution in [2.24, 2.45) is 0 Å². The van der Waals surface area contributed by atoms with Gasteiger partial charge >= 0.3 is 0 Å². The molecule has 0 bridgehead atoms. The van der Waals surface area contributed by atoms with Crippen LogP contribution in [0, 0.1) is 0 Å². The first-order valence-electron chi connectivity index (χ1n) is 3.68. The lowest BCUT2D eigenvalue weighted by atomic mass is 10.1. The second kappa shape index (κ2) is 2.62. The number of epoxide rings is 1. The predicted molar refractivity (Wildman–Crippen MR) is 40.0 cm³/mol. The van der Waals surface area contributed by atoms with Crippen LogP contribution in [0.3, 0.4) is 0 Å². The molecule has 1 aromatic rings. The van der Waals surface area contributed by atoms with Gasteiger partial charge in [-0.2, -0.15) is 0 Å². The second-order valence-corrected chi connectivity index (χ2v) is 2.66. The lowest BCUT2D eigenvalue weighted by molar-refractivity contribution is 0.331. The van der Waals surface area contributed by atoms with Gasteiger partial charge in [-0.3, -0.25) is 0 Å². The molecule has 1 nitrogen and oxygen atoms in total. The van der Waals surface area contributed by atoms with Gasteiger partial charge in [0.15, 0.2) is 0 Å². The van der Waals surface area contributed by atoms with Gasteiger partial charge < -0.3 is 4.74 Å². The van der Waals surface area contributed by atoms with Crippen molar-refractivity contribution >= 4 is 0 Å². The first-order valence-corrected chi connectivity index (χ1v) is 3.68. The maximum absolute atomic E-state index is 12.0. The van der Waals surface area contributed by atoms with Gasteiger partial charge in [-0.1, -0.05) is 30.3 Å². The maximum atomic E-state index is 12.0. The molecule has 0 saturated carbocycles. The molecule has 1 fully saturated rings. The molecule has 0 spiro atoms. The fourth-order valence-corrected chi connectivity index (χ4v) is 1.20. The number of hydrogen-bond donors (Lipinski definition) is 0. The van der Waals surface area contributed by atoms with Crippen LogP contribution in [0.5, 0.6) is 0 Å². The van der Waals surface area contributed by atoms with Crippen LogP contribution >= 0.6 is 0 Å². The Bertz CT molecular complexity index is 235. The molecule has 0 N–H and O–H groups in total. The number of alkyl halides is 1. The first kappa shape index (κ1) is 6.80. The van der Waals surface area contributed by atoms with Gasteiger partial charge in [-0.15, -0.1) is 0 Å². The highest BCUT2D eigenvalue weighted by atomic mass is 19.1. The molecule has 0 aliphatic carbocycles. The molecule has 0 aromatic heterocycles. The van der Waals surface area contributed by atoms with Gasteiger partial charge in [0, 0.05) is 0 Å². The summed E-state index contributed by atoms with van der Waals surface area (Å²) in [5.74, 6) is 0. The summed E-state index contributed by atoms with van der Waals surface area (Å²) >= 11 is 0. The maximum Gasteiger partial charge on any atom is 0.119 e. The molecule has 1 aliphatic rings. The fraction of sp³-hybridized carbons (Fsp3) is 0.333. The summed E-state index contributed by atoms with van der Waals surface area (Å²) in [6.07, 6.45) is -0.168.